The van der Waals surface area contributed by atoms with Gasteiger partial charge >= 0.3 is 0 Å². The Morgan fingerprint density at radius 2 is 1.90 bits per heavy atom. The summed E-state index contributed by atoms with van der Waals surface area (Å²) in [5.41, 5.74) is 1.03. The van der Waals surface area contributed by atoms with E-state index in [0.29, 0.717) is 11.5 Å². The van der Waals surface area contributed by atoms with Gasteiger partial charge in [-0.3, -0.25) is 4.79 Å². The third kappa shape index (κ3) is 3.45. The Labute approximate surface area is 123 Å². The summed E-state index contributed by atoms with van der Waals surface area (Å²) in [6.07, 6.45) is 0. The van der Waals surface area contributed by atoms with Crippen LogP contribution >= 0.6 is 0 Å². The van der Waals surface area contributed by atoms with Gasteiger partial charge in [-0.05, 0) is 30.3 Å². The van der Waals surface area contributed by atoms with Crippen LogP contribution < -0.4 is 14.8 Å². The number of methoxy groups -OCH3 is 2. The summed E-state index contributed by atoms with van der Waals surface area (Å²) in [6.45, 7) is 0.271. The zero-order valence-electron chi connectivity index (χ0n) is 11.9. The van der Waals surface area contributed by atoms with Gasteiger partial charge in [0.2, 0.25) is 0 Å². The molecule has 0 saturated heterocycles. The first-order chi connectivity index (χ1) is 10.2. The van der Waals surface area contributed by atoms with Crippen molar-refractivity contribution in [2.24, 2.45) is 0 Å². The van der Waals surface area contributed by atoms with Crippen molar-refractivity contribution in [3.63, 3.8) is 0 Å². The maximum atomic E-state index is 12.0. The molecule has 0 bridgehead atoms. The molecule has 0 heterocycles. The summed E-state index contributed by atoms with van der Waals surface area (Å²) in [7, 11) is 3.14. The first-order valence-corrected chi connectivity index (χ1v) is 6.42. The molecule has 1 amide bonds. The van der Waals surface area contributed by atoms with Crippen LogP contribution in [0.1, 0.15) is 15.9 Å². The van der Waals surface area contributed by atoms with Crippen LogP contribution in [-0.2, 0) is 6.54 Å². The highest BCUT2D eigenvalue weighted by molar-refractivity contribution is 5.96. The van der Waals surface area contributed by atoms with Crippen molar-refractivity contribution in [1.82, 2.24) is 5.32 Å². The van der Waals surface area contributed by atoms with Crippen LogP contribution in [0.15, 0.2) is 42.5 Å². The smallest absolute Gasteiger partial charge is 0.255 e. The minimum atomic E-state index is -0.349. The maximum Gasteiger partial charge on any atom is 0.255 e. The van der Waals surface area contributed by atoms with Crippen LogP contribution in [0.5, 0.6) is 17.2 Å². The van der Waals surface area contributed by atoms with Gasteiger partial charge in [-0.1, -0.05) is 12.1 Å². The molecule has 2 aromatic carbocycles. The highest BCUT2D eigenvalue weighted by Gasteiger charge is 2.11. The number of hydrogen-bond donors (Lipinski definition) is 2. The predicted octanol–water partition coefficient (Wildman–Crippen LogP) is 2.34. The van der Waals surface area contributed by atoms with E-state index in [2.05, 4.69) is 5.32 Å². The van der Waals surface area contributed by atoms with E-state index in [-0.39, 0.29) is 23.8 Å². The van der Waals surface area contributed by atoms with Crippen molar-refractivity contribution < 1.29 is 19.4 Å². The highest BCUT2D eigenvalue weighted by atomic mass is 16.5. The van der Waals surface area contributed by atoms with Crippen molar-refractivity contribution in [3.8, 4) is 17.2 Å². The van der Waals surface area contributed by atoms with Crippen LogP contribution in [0.3, 0.4) is 0 Å². The van der Waals surface area contributed by atoms with Crippen LogP contribution in [0.25, 0.3) is 0 Å². The molecule has 0 aliphatic rings. The molecule has 0 aromatic heterocycles. The lowest BCUT2D eigenvalue weighted by Gasteiger charge is -2.12. The molecule has 5 nitrogen and oxygen atoms in total. The Hall–Kier alpha value is -2.69. The maximum absolute atomic E-state index is 12.0. The molecule has 0 unspecified atom stereocenters. The number of amides is 1. The zero-order chi connectivity index (χ0) is 15.2. The first-order valence-electron chi connectivity index (χ1n) is 6.42. The van der Waals surface area contributed by atoms with Gasteiger partial charge in [-0.15, -0.1) is 0 Å². The normalized spacial score (nSPS) is 10.0. The lowest BCUT2D eigenvalue weighted by molar-refractivity contribution is 0.0948. The second-order valence-electron chi connectivity index (χ2n) is 4.38. The van der Waals surface area contributed by atoms with E-state index in [0.717, 1.165) is 5.56 Å². The number of phenolic OH excluding ortho intramolecular Hbond substituents is 1. The van der Waals surface area contributed by atoms with E-state index in [1.165, 1.54) is 6.07 Å². The summed E-state index contributed by atoms with van der Waals surface area (Å²) in [5, 5.41) is 12.4. The number of para-hydroxylation sites is 1. The molecule has 2 N–H and O–H groups in total. The van der Waals surface area contributed by atoms with E-state index < -0.39 is 0 Å². The standard InChI is InChI=1S/C16H17NO4/c1-20-12-7-8-15(21-2)11(9-12)10-17-16(19)13-5-3-4-6-14(13)18/h3-9,18H,10H2,1-2H3,(H,17,19). The summed E-state index contributed by atoms with van der Waals surface area (Å²) in [6, 6.07) is 11.8. The SMILES string of the molecule is COc1ccc(OC)c(CNC(=O)c2ccccc2O)c1. The Morgan fingerprint density at radius 3 is 2.57 bits per heavy atom. The van der Waals surface area contributed by atoms with E-state index in [9.17, 15) is 9.90 Å². The summed E-state index contributed by atoms with van der Waals surface area (Å²) in [5.74, 6) is 0.946. The number of aromatic hydroxyl groups is 1. The lowest BCUT2D eigenvalue weighted by Crippen LogP contribution is -2.23. The van der Waals surface area contributed by atoms with Crippen molar-refractivity contribution in [1.29, 1.82) is 0 Å². The zero-order valence-corrected chi connectivity index (χ0v) is 11.9. The van der Waals surface area contributed by atoms with Crippen molar-refractivity contribution >= 4 is 5.91 Å². The van der Waals surface area contributed by atoms with Gasteiger partial charge in [0.15, 0.2) is 0 Å². The molecule has 0 radical (unpaired) electrons. The van der Waals surface area contributed by atoms with Gasteiger partial charge in [0.25, 0.3) is 5.91 Å². The topological polar surface area (TPSA) is 67.8 Å². The van der Waals surface area contributed by atoms with E-state index >= 15 is 0 Å². The van der Waals surface area contributed by atoms with Crippen molar-refractivity contribution in [3.05, 3.63) is 53.6 Å². The van der Waals surface area contributed by atoms with Gasteiger partial charge in [-0.2, -0.15) is 0 Å². The van der Waals surface area contributed by atoms with E-state index in [1.54, 1.807) is 50.6 Å². The van der Waals surface area contributed by atoms with E-state index in [4.69, 9.17) is 9.47 Å². The Kier molecular flexibility index (Phi) is 4.66. The fraction of sp³-hybridized carbons (Fsp3) is 0.188. The molecule has 5 heteroatoms. The highest BCUT2D eigenvalue weighted by Crippen LogP contribution is 2.24. The molecule has 110 valence electrons. The number of carbonyl (C=O) groups excluding carboxylic acids is 1. The molecule has 21 heavy (non-hydrogen) atoms. The molecule has 0 aliphatic carbocycles. The predicted molar refractivity (Wildman–Crippen MR) is 78.8 cm³/mol. The Morgan fingerprint density at radius 1 is 1.14 bits per heavy atom. The number of ether oxygens (including phenoxy) is 2. The Bertz CT molecular complexity index is 640. The van der Waals surface area contributed by atoms with Gasteiger partial charge in [-0.25, -0.2) is 0 Å². The number of benzene rings is 2. The van der Waals surface area contributed by atoms with Crippen LogP contribution in [0.4, 0.5) is 0 Å². The summed E-state index contributed by atoms with van der Waals surface area (Å²) < 4.78 is 10.4. The monoisotopic (exact) mass is 287 g/mol. The van der Waals surface area contributed by atoms with Gasteiger partial charge in [0, 0.05) is 12.1 Å². The quantitative estimate of drug-likeness (QED) is 0.885. The Balaban J connectivity index is 2.12. The summed E-state index contributed by atoms with van der Waals surface area (Å²) >= 11 is 0. The van der Waals surface area contributed by atoms with Crippen LogP contribution in [0.2, 0.25) is 0 Å². The van der Waals surface area contributed by atoms with Crippen LogP contribution in [0, 0.1) is 0 Å². The summed E-state index contributed by atoms with van der Waals surface area (Å²) in [4.78, 5) is 12.0. The molecule has 2 rings (SSSR count). The van der Waals surface area contributed by atoms with Crippen molar-refractivity contribution in [2.45, 2.75) is 6.54 Å². The average molecular weight is 287 g/mol. The van der Waals surface area contributed by atoms with Crippen LogP contribution in [-0.4, -0.2) is 25.2 Å². The van der Waals surface area contributed by atoms with Gasteiger partial charge in [0.1, 0.15) is 17.2 Å². The number of phenols is 1. The largest absolute Gasteiger partial charge is 0.507 e. The molecule has 0 atom stereocenters. The fourth-order valence-electron chi connectivity index (χ4n) is 1.96. The molecule has 0 spiro atoms. The first kappa shape index (κ1) is 14.7. The number of hydrogen-bond acceptors (Lipinski definition) is 4. The average Bonchev–Trinajstić information content (AvgIpc) is 2.52. The minimum absolute atomic E-state index is 0.0485. The number of rotatable bonds is 5. The van der Waals surface area contributed by atoms with Crippen molar-refractivity contribution in [2.75, 3.05) is 14.2 Å². The molecular formula is C16H17NO4. The minimum Gasteiger partial charge on any atom is -0.507 e. The van der Waals surface area contributed by atoms with Gasteiger partial charge < -0.3 is 19.9 Å². The second kappa shape index (κ2) is 6.65. The molecular weight excluding hydrogens is 270 g/mol. The molecule has 0 fully saturated rings. The number of nitrogens with one attached hydrogen (secondary N) is 1. The number of carbonyl (C=O) groups is 1. The third-order valence-corrected chi connectivity index (χ3v) is 3.08. The van der Waals surface area contributed by atoms with E-state index in [1.807, 2.05) is 0 Å². The molecule has 0 aliphatic heterocycles. The molecule has 2 aromatic rings. The molecule has 0 saturated carbocycles. The third-order valence-electron chi connectivity index (χ3n) is 3.08. The fourth-order valence-corrected chi connectivity index (χ4v) is 1.96. The lowest BCUT2D eigenvalue weighted by atomic mass is 10.1. The van der Waals surface area contributed by atoms with Gasteiger partial charge in [0.05, 0.1) is 19.8 Å². The second-order valence-corrected chi connectivity index (χ2v) is 4.38.